The van der Waals surface area contributed by atoms with Crippen molar-refractivity contribution in [3.63, 3.8) is 0 Å². The first-order chi connectivity index (χ1) is 17.3. The van der Waals surface area contributed by atoms with Crippen molar-refractivity contribution < 1.29 is 19.1 Å². The number of halogens is 3. The van der Waals surface area contributed by atoms with Gasteiger partial charge in [-0.15, -0.1) is 0 Å². The molecule has 10 heteroatoms. The summed E-state index contributed by atoms with van der Waals surface area (Å²) in [5.74, 6) is 0.101. The lowest BCUT2D eigenvalue weighted by atomic mass is 10.1. The fraction of sp³-hybridized carbons (Fsp3) is 0.192. The highest BCUT2D eigenvalue weighted by Crippen LogP contribution is 2.35. The molecule has 0 saturated heterocycles. The van der Waals surface area contributed by atoms with E-state index in [0.717, 1.165) is 21.1 Å². The average Bonchev–Trinajstić information content (AvgIpc) is 2.84. The lowest BCUT2D eigenvalue weighted by molar-refractivity contribution is -0.126. The van der Waals surface area contributed by atoms with Crippen molar-refractivity contribution in [2.24, 2.45) is 5.10 Å². The Morgan fingerprint density at radius 3 is 2.56 bits per heavy atom. The van der Waals surface area contributed by atoms with E-state index in [9.17, 15) is 9.59 Å². The molecule has 0 spiro atoms. The SMILES string of the molecule is CCc1ccccc1NC(=O)CC(=O)NN=Cc1cc(I)c(OCc2ccc(Cl)cc2Cl)c(OC)c1. The number of rotatable bonds is 10. The Morgan fingerprint density at radius 2 is 1.83 bits per heavy atom. The predicted molar refractivity (Wildman–Crippen MR) is 151 cm³/mol. The quantitative estimate of drug-likeness (QED) is 0.119. The minimum absolute atomic E-state index is 0.233. The van der Waals surface area contributed by atoms with Gasteiger partial charge in [0.15, 0.2) is 11.5 Å². The highest BCUT2D eigenvalue weighted by molar-refractivity contribution is 14.1. The minimum Gasteiger partial charge on any atom is -0.493 e. The van der Waals surface area contributed by atoms with Crippen LogP contribution in [0.15, 0.2) is 59.7 Å². The van der Waals surface area contributed by atoms with Crippen LogP contribution in [0.4, 0.5) is 5.69 Å². The molecule has 0 atom stereocenters. The fourth-order valence-corrected chi connectivity index (χ4v) is 4.50. The first-order valence-electron chi connectivity index (χ1n) is 10.9. The second-order valence-electron chi connectivity index (χ2n) is 7.59. The lowest BCUT2D eigenvalue weighted by Gasteiger charge is -2.14. The number of anilines is 1. The summed E-state index contributed by atoms with van der Waals surface area (Å²) >= 11 is 14.3. The summed E-state index contributed by atoms with van der Waals surface area (Å²) in [6, 6.07) is 16.2. The molecule has 7 nitrogen and oxygen atoms in total. The molecular formula is C26H24Cl2IN3O4. The van der Waals surface area contributed by atoms with Gasteiger partial charge >= 0.3 is 0 Å². The summed E-state index contributed by atoms with van der Waals surface area (Å²) in [6.45, 7) is 2.23. The van der Waals surface area contributed by atoms with Crippen LogP contribution in [0, 0.1) is 3.57 Å². The van der Waals surface area contributed by atoms with E-state index < -0.39 is 11.8 Å². The zero-order valence-corrected chi connectivity index (χ0v) is 23.3. The van der Waals surface area contributed by atoms with Crippen LogP contribution >= 0.6 is 45.8 Å². The van der Waals surface area contributed by atoms with E-state index in [2.05, 4.69) is 38.4 Å². The third-order valence-electron chi connectivity index (χ3n) is 5.04. The highest BCUT2D eigenvalue weighted by atomic mass is 127. The topological polar surface area (TPSA) is 89.0 Å². The predicted octanol–water partition coefficient (Wildman–Crippen LogP) is 6.23. The van der Waals surface area contributed by atoms with Crippen LogP contribution < -0.4 is 20.2 Å². The summed E-state index contributed by atoms with van der Waals surface area (Å²) in [4.78, 5) is 24.4. The van der Waals surface area contributed by atoms with Gasteiger partial charge < -0.3 is 14.8 Å². The molecule has 0 aromatic heterocycles. The maximum absolute atomic E-state index is 12.2. The Labute approximate surface area is 233 Å². The van der Waals surface area contributed by atoms with Crippen LogP contribution in [0.25, 0.3) is 0 Å². The summed E-state index contributed by atoms with van der Waals surface area (Å²) in [5, 5.41) is 7.79. The number of carbonyl (C=O) groups is 2. The molecular weight excluding hydrogens is 616 g/mol. The molecule has 0 fully saturated rings. The Morgan fingerprint density at radius 1 is 1.06 bits per heavy atom. The Bertz CT molecular complexity index is 1280. The number of carbonyl (C=O) groups excluding carboxylic acids is 2. The van der Waals surface area contributed by atoms with Gasteiger partial charge in [-0.3, -0.25) is 9.59 Å². The van der Waals surface area contributed by atoms with Crippen molar-refractivity contribution in [3.05, 3.63) is 84.9 Å². The van der Waals surface area contributed by atoms with Crippen molar-refractivity contribution in [3.8, 4) is 11.5 Å². The third kappa shape index (κ3) is 7.84. The van der Waals surface area contributed by atoms with Crippen molar-refractivity contribution in [1.29, 1.82) is 0 Å². The molecule has 3 aromatic carbocycles. The maximum Gasteiger partial charge on any atom is 0.249 e. The molecule has 3 aromatic rings. The van der Waals surface area contributed by atoms with Crippen LogP contribution in [0.1, 0.15) is 30.0 Å². The fourth-order valence-electron chi connectivity index (χ4n) is 3.25. The van der Waals surface area contributed by atoms with E-state index in [1.54, 1.807) is 30.3 Å². The normalized spacial score (nSPS) is 10.8. The second-order valence-corrected chi connectivity index (χ2v) is 9.59. The molecule has 0 aliphatic rings. The smallest absolute Gasteiger partial charge is 0.249 e. The molecule has 0 bridgehead atoms. The Hall–Kier alpha value is -2.82. The van der Waals surface area contributed by atoms with Crippen LogP contribution in [-0.2, 0) is 22.6 Å². The van der Waals surface area contributed by atoms with Crippen LogP contribution in [0.2, 0.25) is 10.0 Å². The van der Waals surface area contributed by atoms with Gasteiger partial charge in [0.25, 0.3) is 0 Å². The standard InChI is InChI=1S/C26H24Cl2IN3O4/c1-3-17-6-4-5-7-22(17)31-24(33)13-25(34)32-30-14-16-10-21(29)26(23(11-16)35-2)36-15-18-8-9-19(27)12-20(18)28/h4-12,14H,3,13,15H2,1-2H3,(H,31,33)(H,32,34). The third-order valence-corrected chi connectivity index (χ3v) is 6.42. The van der Waals surface area contributed by atoms with Crippen LogP contribution in [-0.4, -0.2) is 25.1 Å². The van der Waals surface area contributed by atoms with E-state index in [1.807, 2.05) is 31.2 Å². The average molecular weight is 640 g/mol. The summed E-state index contributed by atoms with van der Waals surface area (Å²) < 4.78 is 12.2. The zero-order valence-electron chi connectivity index (χ0n) is 19.6. The van der Waals surface area contributed by atoms with Gasteiger partial charge in [-0.1, -0.05) is 54.4 Å². The van der Waals surface area contributed by atoms with Crippen molar-refractivity contribution in [1.82, 2.24) is 5.43 Å². The number of hydrogen-bond donors (Lipinski definition) is 2. The molecule has 2 amide bonds. The number of para-hydroxylation sites is 1. The number of amides is 2. The van der Waals surface area contributed by atoms with Gasteiger partial charge in [-0.25, -0.2) is 5.43 Å². The van der Waals surface area contributed by atoms with Gasteiger partial charge in [0.05, 0.1) is 16.9 Å². The molecule has 0 heterocycles. The van der Waals surface area contributed by atoms with E-state index in [0.29, 0.717) is 32.8 Å². The highest BCUT2D eigenvalue weighted by Gasteiger charge is 2.13. The number of nitrogens with one attached hydrogen (secondary N) is 2. The number of hydrogen-bond acceptors (Lipinski definition) is 5. The maximum atomic E-state index is 12.2. The van der Waals surface area contributed by atoms with E-state index >= 15 is 0 Å². The molecule has 188 valence electrons. The monoisotopic (exact) mass is 639 g/mol. The van der Waals surface area contributed by atoms with E-state index in [4.69, 9.17) is 32.7 Å². The number of aryl methyl sites for hydroxylation is 1. The second kappa shape index (κ2) is 13.5. The van der Waals surface area contributed by atoms with Gasteiger partial charge in [-0.05, 0) is 70.5 Å². The molecule has 36 heavy (non-hydrogen) atoms. The number of ether oxygens (including phenoxy) is 2. The van der Waals surface area contributed by atoms with Gasteiger partial charge in [0, 0.05) is 21.3 Å². The van der Waals surface area contributed by atoms with Crippen LogP contribution in [0.3, 0.4) is 0 Å². The minimum atomic E-state index is -0.529. The Kier molecular flexibility index (Phi) is 10.4. The largest absolute Gasteiger partial charge is 0.493 e. The van der Waals surface area contributed by atoms with E-state index in [1.165, 1.54) is 13.3 Å². The molecule has 3 rings (SSSR count). The first kappa shape index (κ1) is 27.8. The van der Waals surface area contributed by atoms with Crippen LogP contribution in [0.5, 0.6) is 11.5 Å². The molecule has 0 radical (unpaired) electrons. The zero-order chi connectivity index (χ0) is 26.1. The van der Waals surface area contributed by atoms with E-state index in [-0.39, 0.29) is 13.0 Å². The first-order valence-corrected chi connectivity index (χ1v) is 12.8. The molecule has 0 saturated carbocycles. The Balaban J connectivity index is 1.58. The van der Waals surface area contributed by atoms with Crippen molar-refractivity contribution >= 4 is 69.5 Å². The van der Waals surface area contributed by atoms with Gasteiger partial charge in [0.1, 0.15) is 13.0 Å². The number of nitrogens with zero attached hydrogens (tertiary/aromatic N) is 1. The van der Waals surface area contributed by atoms with Gasteiger partial charge in [0.2, 0.25) is 11.8 Å². The molecule has 0 aliphatic heterocycles. The van der Waals surface area contributed by atoms with Gasteiger partial charge in [-0.2, -0.15) is 5.10 Å². The summed E-state index contributed by atoms with van der Waals surface area (Å²) in [6.07, 6.45) is 1.89. The van der Waals surface area contributed by atoms with Crippen molar-refractivity contribution in [2.45, 2.75) is 26.4 Å². The number of benzene rings is 3. The van der Waals surface area contributed by atoms with Crippen molar-refractivity contribution in [2.75, 3.05) is 12.4 Å². The number of hydrazone groups is 1. The lowest BCUT2D eigenvalue weighted by Crippen LogP contribution is -2.25. The number of methoxy groups -OCH3 is 1. The molecule has 0 aliphatic carbocycles. The summed E-state index contributed by atoms with van der Waals surface area (Å²) in [5.41, 5.74) is 5.53. The molecule has 0 unspecified atom stereocenters. The molecule has 2 N–H and O–H groups in total. The summed E-state index contributed by atoms with van der Waals surface area (Å²) in [7, 11) is 1.53.